The highest BCUT2D eigenvalue weighted by atomic mass is 32.2. The van der Waals surface area contributed by atoms with Crippen molar-refractivity contribution in [2.24, 2.45) is 5.41 Å². The van der Waals surface area contributed by atoms with Crippen molar-refractivity contribution < 1.29 is 27.1 Å². The van der Waals surface area contributed by atoms with Crippen molar-refractivity contribution in [3.63, 3.8) is 0 Å². The van der Waals surface area contributed by atoms with E-state index in [1.54, 1.807) is 18.2 Å². The number of sulfonamides is 1. The number of carbonyl (C=O) groups excluding carboxylic acids is 1. The van der Waals surface area contributed by atoms with Crippen molar-refractivity contribution in [3.8, 4) is 0 Å². The third kappa shape index (κ3) is 6.29. The highest BCUT2D eigenvalue weighted by Crippen LogP contribution is 2.54. The number of rotatable bonds is 8. The molecule has 228 valence electrons. The first-order valence-corrected chi connectivity index (χ1v) is 16.6. The van der Waals surface area contributed by atoms with Crippen molar-refractivity contribution in [2.75, 3.05) is 70.2 Å². The van der Waals surface area contributed by atoms with Gasteiger partial charge in [0.1, 0.15) is 0 Å². The molecule has 3 fully saturated rings. The molecule has 9 nitrogen and oxygen atoms in total. The van der Waals surface area contributed by atoms with Crippen molar-refractivity contribution in [1.82, 2.24) is 0 Å². The van der Waals surface area contributed by atoms with E-state index in [0.717, 1.165) is 62.3 Å². The molecule has 0 bridgehead atoms. The van der Waals surface area contributed by atoms with Crippen LogP contribution in [0.5, 0.6) is 0 Å². The van der Waals surface area contributed by atoms with E-state index in [2.05, 4.69) is 20.3 Å². The second kappa shape index (κ2) is 11.2. The van der Waals surface area contributed by atoms with Gasteiger partial charge in [0.25, 0.3) is 11.8 Å². The maximum atomic E-state index is 13.9. The number of benzene rings is 2. The van der Waals surface area contributed by atoms with Gasteiger partial charge in [-0.05, 0) is 79.8 Å². The molecule has 1 aliphatic carbocycles. The average molecular weight is 604 g/mol. The highest BCUT2D eigenvalue weighted by Gasteiger charge is 2.44. The number of halogens is 2. The van der Waals surface area contributed by atoms with E-state index in [4.69, 9.17) is 5.11 Å². The van der Waals surface area contributed by atoms with Crippen LogP contribution in [0.25, 0.3) is 0 Å². The summed E-state index contributed by atoms with van der Waals surface area (Å²) < 4.78 is 55.0. The van der Waals surface area contributed by atoms with Crippen molar-refractivity contribution in [2.45, 2.75) is 57.3 Å². The van der Waals surface area contributed by atoms with Gasteiger partial charge in [0, 0.05) is 51.3 Å². The smallest absolute Gasteiger partial charge is 0.257 e. The summed E-state index contributed by atoms with van der Waals surface area (Å²) in [6.07, 6.45) is 5.90. The largest absolute Gasteiger partial charge is 0.395 e. The molecule has 2 saturated heterocycles. The second-order valence-corrected chi connectivity index (χ2v) is 14.1. The van der Waals surface area contributed by atoms with Crippen molar-refractivity contribution >= 4 is 44.4 Å². The Labute approximate surface area is 245 Å². The van der Waals surface area contributed by atoms with Crippen LogP contribution in [0.15, 0.2) is 30.3 Å². The molecule has 3 heterocycles. The summed E-state index contributed by atoms with van der Waals surface area (Å²) in [4.78, 5) is 17.9. The van der Waals surface area contributed by atoms with Gasteiger partial charge in [-0.1, -0.05) is 0 Å². The van der Waals surface area contributed by atoms with E-state index in [-0.39, 0.29) is 31.8 Å². The quantitative estimate of drug-likeness (QED) is 0.348. The van der Waals surface area contributed by atoms with Gasteiger partial charge in [0.2, 0.25) is 10.0 Å². The number of nitrogens with one attached hydrogen (secondary N) is 3. The molecule has 12 heteroatoms. The lowest BCUT2D eigenvalue weighted by atomic mass is 9.93. The van der Waals surface area contributed by atoms with Crippen LogP contribution in [0.3, 0.4) is 0 Å². The van der Waals surface area contributed by atoms with Gasteiger partial charge in [-0.25, -0.2) is 17.2 Å². The van der Waals surface area contributed by atoms with E-state index in [1.807, 2.05) is 17.0 Å². The standard InChI is InChI=1S/C30H39F2N5O4S/c31-30(32)9-14-37(15-10-30)26-20-23(18-21-2-1-11-33-27(21)26)34-28(39)24-4-3-22(35-42(40,41)17-16-38)19-25(24)36-12-7-29(5-6-29)8-13-36/h3-4,18-20,33,35,38H,1-2,5-17H2,(H,34,39). The van der Waals surface area contributed by atoms with Crippen LogP contribution in [0.2, 0.25) is 0 Å². The summed E-state index contributed by atoms with van der Waals surface area (Å²) in [5.41, 5.74) is 5.28. The number of anilines is 5. The van der Waals surface area contributed by atoms with Crippen LogP contribution in [-0.4, -0.2) is 70.4 Å². The van der Waals surface area contributed by atoms with Crippen LogP contribution < -0.4 is 25.2 Å². The van der Waals surface area contributed by atoms with Gasteiger partial charge in [0.15, 0.2) is 0 Å². The minimum Gasteiger partial charge on any atom is -0.395 e. The summed E-state index contributed by atoms with van der Waals surface area (Å²) >= 11 is 0. The molecule has 1 amide bonds. The van der Waals surface area contributed by atoms with Crippen LogP contribution in [0, 0.1) is 5.41 Å². The first-order chi connectivity index (χ1) is 20.1. The summed E-state index contributed by atoms with van der Waals surface area (Å²) in [5.74, 6) is -3.39. The monoisotopic (exact) mass is 603 g/mol. The van der Waals surface area contributed by atoms with Crippen LogP contribution >= 0.6 is 0 Å². The lowest BCUT2D eigenvalue weighted by molar-refractivity contribution is -0.0220. The SMILES string of the molecule is O=C(Nc1cc2c(c(N3CCC(F)(F)CC3)c1)NCCC2)c1ccc(NS(=O)(=O)CCO)cc1N1CCC2(CC1)CC2. The van der Waals surface area contributed by atoms with Crippen molar-refractivity contribution in [1.29, 1.82) is 0 Å². The fourth-order valence-corrected chi connectivity index (χ4v) is 7.30. The molecular weight excluding hydrogens is 564 g/mol. The molecule has 0 aromatic heterocycles. The number of aliphatic hydroxyl groups is 1. The Balaban J connectivity index is 1.29. The number of hydrogen-bond donors (Lipinski definition) is 4. The number of amides is 1. The third-order valence-corrected chi connectivity index (χ3v) is 10.5. The minimum atomic E-state index is -3.73. The summed E-state index contributed by atoms with van der Waals surface area (Å²) in [7, 11) is -3.73. The molecule has 2 aromatic carbocycles. The van der Waals surface area contributed by atoms with E-state index < -0.39 is 28.3 Å². The number of hydrogen-bond acceptors (Lipinski definition) is 7. The topological polar surface area (TPSA) is 114 Å². The fraction of sp³-hybridized carbons (Fsp3) is 0.567. The van der Waals surface area contributed by atoms with Crippen LogP contribution in [0.4, 0.5) is 37.2 Å². The van der Waals surface area contributed by atoms with Gasteiger partial charge in [0.05, 0.1) is 40.7 Å². The number of piperidine rings is 2. The minimum absolute atomic E-state index is 0.201. The normalized spacial score (nSPS) is 20.9. The van der Waals surface area contributed by atoms with E-state index in [0.29, 0.717) is 28.0 Å². The lowest BCUT2D eigenvalue weighted by Gasteiger charge is -2.36. The van der Waals surface area contributed by atoms with E-state index >= 15 is 0 Å². The molecule has 0 unspecified atom stereocenters. The molecule has 42 heavy (non-hydrogen) atoms. The van der Waals surface area contributed by atoms with Crippen LogP contribution in [-0.2, 0) is 16.4 Å². The Morgan fingerprint density at radius 1 is 0.929 bits per heavy atom. The first kappa shape index (κ1) is 29.0. The number of fused-ring (bicyclic) bond motifs is 1. The Hall–Kier alpha value is -3.12. The molecule has 1 saturated carbocycles. The number of alkyl halides is 2. The second-order valence-electron chi connectivity index (χ2n) is 12.2. The third-order valence-electron chi connectivity index (χ3n) is 9.22. The number of nitrogens with zero attached hydrogens (tertiary/aromatic N) is 2. The summed E-state index contributed by atoms with van der Waals surface area (Å²) in [6, 6.07) is 8.72. The average Bonchev–Trinajstić information content (AvgIpc) is 3.71. The predicted octanol–water partition coefficient (Wildman–Crippen LogP) is 4.65. The van der Waals surface area contributed by atoms with Crippen molar-refractivity contribution in [3.05, 3.63) is 41.5 Å². The zero-order valence-electron chi connectivity index (χ0n) is 23.7. The molecule has 1 spiro atoms. The Bertz CT molecular complexity index is 1440. The number of aliphatic hydroxyl groups excluding tert-OH is 1. The highest BCUT2D eigenvalue weighted by molar-refractivity contribution is 7.92. The fourth-order valence-electron chi connectivity index (χ4n) is 6.47. The van der Waals surface area contributed by atoms with Crippen LogP contribution in [0.1, 0.15) is 60.9 Å². The van der Waals surface area contributed by atoms with Gasteiger partial charge in [-0.3, -0.25) is 9.52 Å². The molecule has 6 rings (SSSR count). The summed E-state index contributed by atoms with van der Waals surface area (Å²) in [6.45, 7) is 2.36. The van der Waals surface area contributed by atoms with E-state index in [9.17, 15) is 22.0 Å². The van der Waals surface area contributed by atoms with Gasteiger partial charge in [-0.2, -0.15) is 0 Å². The number of carbonyl (C=O) groups is 1. The predicted molar refractivity (Wildman–Crippen MR) is 162 cm³/mol. The molecule has 4 N–H and O–H groups in total. The number of aryl methyl sites for hydroxylation is 1. The van der Waals surface area contributed by atoms with E-state index in [1.165, 1.54) is 12.8 Å². The lowest BCUT2D eigenvalue weighted by Crippen LogP contribution is -2.40. The van der Waals surface area contributed by atoms with Gasteiger partial charge in [-0.15, -0.1) is 0 Å². The van der Waals surface area contributed by atoms with Gasteiger partial charge >= 0.3 is 0 Å². The summed E-state index contributed by atoms with van der Waals surface area (Å²) in [5, 5.41) is 15.6. The maximum absolute atomic E-state index is 13.9. The molecule has 0 radical (unpaired) electrons. The maximum Gasteiger partial charge on any atom is 0.257 e. The zero-order chi connectivity index (χ0) is 29.5. The first-order valence-electron chi connectivity index (χ1n) is 14.9. The Morgan fingerprint density at radius 2 is 1.60 bits per heavy atom. The Morgan fingerprint density at radius 3 is 2.29 bits per heavy atom. The molecular formula is C30H39F2N5O4S. The molecule has 4 aliphatic rings. The molecule has 3 aliphatic heterocycles. The molecule has 2 aromatic rings. The Kier molecular flexibility index (Phi) is 7.71. The molecule has 0 atom stereocenters. The van der Waals surface area contributed by atoms with Gasteiger partial charge < -0.3 is 25.5 Å². The zero-order valence-corrected chi connectivity index (χ0v) is 24.5.